The van der Waals surface area contributed by atoms with Crippen molar-refractivity contribution in [2.24, 2.45) is 5.73 Å². The molecule has 2 atom stereocenters. The van der Waals surface area contributed by atoms with Gasteiger partial charge < -0.3 is 5.73 Å². The average Bonchev–Trinajstić information content (AvgIpc) is 2.75. The lowest BCUT2D eigenvalue weighted by Crippen LogP contribution is -2.16. The smallest absolute Gasteiger partial charge is 0.0468 e. The Morgan fingerprint density at radius 2 is 1.88 bits per heavy atom. The molecule has 2 rings (SSSR count). The molecule has 0 spiro atoms. The highest BCUT2D eigenvalue weighted by molar-refractivity contribution is 9.10. The lowest BCUT2D eigenvalue weighted by Gasteiger charge is -2.19. The van der Waals surface area contributed by atoms with E-state index in [-0.39, 0.29) is 6.04 Å². The summed E-state index contributed by atoms with van der Waals surface area (Å²) in [4.78, 5) is 1.22. The van der Waals surface area contributed by atoms with Crippen LogP contribution in [0.25, 0.3) is 0 Å². The Balaban J connectivity index is 2.23. The van der Waals surface area contributed by atoms with Crippen molar-refractivity contribution in [3.8, 4) is 0 Å². The zero-order chi connectivity index (χ0) is 11.5. The van der Waals surface area contributed by atoms with Gasteiger partial charge in [0.05, 0.1) is 0 Å². The fourth-order valence-electron chi connectivity index (χ4n) is 1.73. The van der Waals surface area contributed by atoms with Gasteiger partial charge in [0.2, 0.25) is 0 Å². The van der Waals surface area contributed by atoms with Crippen molar-refractivity contribution in [2.45, 2.75) is 18.9 Å². The molecule has 2 unspecified atom stereocenters. The Bertz CT molecular complexity index is 452. The van der Waals surface area contributed by atoms with Crippen molar-refractivity contribution in [1.29, 1.82) is 0 Å². The molecule has 84 valence electrons. The van der Waals surface area contributed by atoms with E-state index in [0.717, 1.165) is 4.47 Å². The van der Waals surface area contributed by atoms with E-state index < -0.39 is 0 Å². The Hall–Kier alpha value is -0.640. The minimum atomic E-state index is 0.0526. The number of thiophene rings is 1. The van der Waals surface area contributed by atoms with E-state index in [4.69, 9.17) is 5.73 Å². The number of rotatable bonds is 3. The SMILES string of the molecule is CC(c1ccccc1)C(N)c1sccc1Br. The minimum absolute atomic E-state index is 0.0526. The lowest BCUT2D eigenvalue weighted by molar-refractivity contribution is 0.605. The second-order valence-electron chi connectivity index (χ2n) is 3.86. The van der Waals surface area contributed by atoms with Crippen LogP contribution in [0.15, 0.2) is 46.3 Å². The number of benzene rings is 1. The van der Waals surface area contributed by atoms with E-state index in [1.807, 2.05) is 6.07 Å². The molecule has 16 heavy (non-hydrogen) atoms. The van der Waals surface area contributed by atoms with Crippen LogP contribution < -0.4 is 5.73 Å². The molecule has 1 heterocycles. The van der Waals surface area contributed by atoms with Gasteiger partial charge in [-0.3, -0.25) is 0 Å². The third-order valence-corrected chi connectivity index (χ3v) is 4.78. The van der Waals surface area contributed by atoms with Gasteiger partial charge in [-0.2, -0.15) is 0 Å². The summed E-state index contributed by atoms with van der Waals surface area (Å²) >= 11 is 5.25. The van der Waals surface area contributed by atoms with Crippen LogP contribution in [0, 0.1) is 0 Å². The van der Waals surface area contributed by atoms with E-state index >= 15 is 0 Å². The summed E-state index contributed by atoms with van der Waals surface area (Å²) in [6, 6.07) is 12.5. The topological polar surface area (TPSA) is 26.0 Å². The first-order chi connectivity index (χ1) is 7.70. The molecule has 1 nitrogen and oxygen atoms in total. The standard InChI is InChI=1S/C13H14BrNS/c1-9(10-5-3-2-4-6-10)12(15)13-11(14)7-8-16-13/h2-9,12H,15H2,1H3. The highest BCUT2D eigenvalue weighted by Gasteiger charge is 2.19. The average molecular weight is 296 g/mol. The highest BCUT2D eigenvalue weighted by Crippen LogP contribution is 2.35. The first-order valence-electron chi connectivity index (χ1n) is 5.23. The Kier molecular flexibility index (Phi) is 3.79. The van der Waals surface area contributed by atoms with E-state index in [9.17, 15) is 0 Å². The van der Waals surface area contributed by atoms with Crippen molar-refractivity contribution in [3.05, 3.63) is 56.7 Å². The molecule has 0 saturated heterocycles. The minimum Gasteiger partial charge on any atom is -0.323 e. The van der Waals surface area contributed by atoms with Gasteiger partial charge in [-0.25, -0.2) is 0 Å². The van der Waals surface area contributed by atoms with Gasteiger partial charge in [-0.05, 0) is 32.9 Å². The quantitative estimate of drug-likeness (QED) is 0.897. The number of hydrogen-bond acceptors (Lipinski definition) is 2. The summed E-state index contributed by atoms with van der Waals surface area (Å²) in [5.74, 6) is 0.330. The molecule has 0 radical (unpaired) electrons. The number of halogens is 1. The lowest BCUT2D eigenvalue weighted by atomic mass is 9.93. The van der Waals surface area contributed by atoms with Gasteiger partial charge >= 0.3 is 0 Å². The Labute approximate surface area is 108 Å². The highest BCUT2D eigenvalue weighted by atomic mass is 79.9. The van der Waals surface area contributed by atoms with Crippen LogP contribution >= 0.6 is 27.3 Å². The van der Waals surface area contributed by atoms with Gasteiger partial charge in [0.1, 0.15) is 0 Å². The van der Waals surface area contributed by atoms with E-state index in [1.54, 1.807) is 11.3 Å². The van der Waals surface area contributed by atoms with Gasteiger partial charge in [-0.1, -0.05) is 37.3 Å². The third kappa shape index (κ3) is 2.37. The first-order valence-corrected chi connectivity index (χ1v) is 6.91. The molecule has 0 aliphatic rings. The number of hydrogen-bond donors (Lipinski definition) is 1. The molecule has 1 aromatic heterocycles. The Morgan fingerprint density at radius 1 is 1.19 bits per heavy atom. The van der Waals surface area contributed by atoms with Crippen molar-refractivity contribution in [3.63, 3.8) is 0 Å². The van der Waals surface area contributed by atoms with Crippen molar-refractivity contribution >= 4 is 27.3 Å². The van der Waals surface area contributed by atoms with Gasteiger partial charge in [0, 0.05) is 21.3 Å². The third-order valence-electron chi connectivity index (χ3n) is 2.81. The second-order valence-corrected chi connectivity index (χ2v) is 5.66. The largest absolute Gasteiger partial charge is 0.323 e. The molecule has 0 fully saturated rings. The van der Waals surface area contributed by atoms with Crippen LogP contribution in [0.2, 0.25) is 0 Å². The van der Waals surface area contributed by atoms with Crippen LogP contribution in [-0.4, -0.2) is 0 Å². The zero-order valence-electron chi connectivity index (χ0n) is 9.06. The van der Waals surface area contributed by atoms with Gasteiger partial charge in [0.15, 0.2) is 0 Å². The van der Waals surface area contributed by atoms with E-state index in [1.165, 1.54) is 10.4 Å². The summed E-state index contributed by atoms with van der Waals surface area (Å²) in [5, 5.41) is 2.07. The van der Waals surface area contributed by atoms with E-state index in [2.05, 4.69) is 58.6 Å². The maximum absolute atomic E-state index is 6.30. The zero-order valence-corrected chi connectivity index (χ0v) is 11.5. The molecule has 3 heteroatoms. The van der Waals surface area contributed by atoms with Crippen LogP contribution in [0.5, 0.6) is 0 Å². The summed E-state index contributed by atoms with van der Waals surface area (Å²) in [6.45, 7) is 2.17. The molecule has 2 N–H and O–H groups in total. The van der Waals surface area contributed by atoms with Gasteiger partial charge in [-0.15, -0.1) is 11.3 Å². The van der Waals surface area contributed by atoms with Crippen molar-refractivity contribution < 1.29 is 0 Å². The number of nitrogens with two attached hydrogens (primary N) is 1. The fraction of sp³-hybridized carbons (Fsp3) is 0.231. The second kappa shape index (κ2) is 5.13. The molecule has 0 bridgehead atoms. The maximum atomic E-state index is 6.30. The van der Waals surface area contributed by atoms with Crippen LogP contribution in [-0.2, 0) is 0 Å². The summed E-state index contributed by atoms with van der Waals surface area (Å²) in [6.07, 6.45) is 0. The first kappa shape index (κ1) is 11.8. The molecule has 0 amide bonds. The fourth-order valence-corrected chi connectivity index (χ4v) is 3.48. The molecule has 0 saturated carbocycles. The molecule has 2 aromatic rings. The summed E-state index contributed by atoms with van der Waals surface area (Å²) in [7, 11) is 0. The maximum Gasteiger partial charge on any atom is 0.0468 e. The van der Waals surface area contributed by atoms with Crippen molar-refractivity contribution in [2.75, 3.05) is 0 Å². The van der Waals surface area contributed by atoms with Crippen LogP contribution in [0.3, 0.4) is 0 Å². The molecule has 0 aliphatic heterocycles. The Morgan fingerprint density at radius 3 is 2.44 bits per heavy atom. The van der Waals surface area contributed by atoms with Crippen LogP contribution in [0.1, 0.15) is 29.3 Å². The predicted molar refractivity (Wildman–Crippen MR) is 73.8 cm³/mol. The molecular formula is C13H14BrNS. The monoisotopic (exact) mass is 295 g/mol. The van der Waals surface area contributed by atoms with Crippen molar-refractivity contribution in [1.82, 2.24) is 0 Å². The molecule has 0 aliphatic carbocycles. The molecular weight excluding hydrogens is 282 g/mol. The normalized spacial score (nSPS) is 14.7. The summed E-state index contributed by atoms with van der Waals surface area (Å²) < 4.78 is 1.12. The van der Waals surface area contributed by atoms with Gasteiger partial charge in [0.25, 0.3) is 0 Å². The van der Waals surface area contributed by atoms with E-state index in [0.29, 0.717) is 5.92 Å². The molecule has 1 aromatic carbocycles. The predicted octanol–water partition coefficient (Wildman–Crippen LogP) is 4.31. The summed E-state index contributed by atoms with van der Waals surface area (Å²) in [5.41, 5.74) is 7.58. The van der Waals surface area contributed by atoms with Crippen LogP contribution in [0.4, 0.5) is 0 Å².